The molecule has 1 fully saturated rings. The van der Waals surface area contributed by atoms with Crippen molar-refractivity contribution in [3.8, 4) is 0 Å². The van der Waals surface area contributed by atoms with Crippen molar-refractivity contribution in [2.45, 2.75) is 32.4 Å². The molecule has 0 amide bonds. The van der Waals surface area contributed by atoms with Crippen LogP contribution in [0.1, 0.15) is 24.0 Å². The zero-order valence-electron chi connectivity index (χ0n) is 16.2. The van der Waals surface area contributed by atoms with E-state index in [0.717, 1.165) is 31.2 Å². The average Bonchev–Trinajstić information content (AvgIpc) is 2.63. The van der Waals surface area contributed by atoms with Gasteiger partial charge in [0.2, 0.25) is 0 Å². The minimum atomic E-state index is 0.729. The number of pyridine rings is 1. The molecule has 4 heteroatoms. The van der Waals surface area contributed by atoms with E-state index in [1.54, 1.807) is 0 Å². The largest absolute Gasteiger partial charge is 0.308 e. The summed E-state index contributed by atoms with van der Waals surface area (Å²) in [6, 6.07) is 9.50. The molecule has 2 aromatic rings. The SMILES string of the molecule is Cc1ccc(CN2CCC(N(C)CCN(C)C)CC2)c2cccnc12. The Hall–Kier alpha value is -1.49. The molecule has 0 saturated carbocycles. The molecular formula is C21H32N4. The molecule has 0 unspecified atom stereocenters. The number of piperidine rings is 1. The topological polar surface area (TPSA) is 22.6 Å². The van der Waals surface area contributed by atoms with Gasteiger partial charge in [0, 0.05) is 37.3 Å². The van der Waals surface area contributed by atoms with Crippen molar-refractivity contribution in [1.82, 2.24) is 19.7 Å². The fourth-order valence-corrected chi connectivity index (χ4v) is 3.81. The van der Waals surface area contributed by atoms with Gasteiger partial charge in [0.25, 0.3) is 0 Å². The van der Waals surface area contributed by atoms with Gasteiger partial charge in [0.1, 0.15) is 0 Å². The van der Waals surface area contributed by atoms with Gasteiger partial charge in [-0.1, -0.05) is 18.2 Å². The number of likely N-dealkylation sites (tertiary alicyclic amines) is 1. The van der Waals surface area contributed by atoms with Gasteiger partial charge in [-0.2, -0.15) is 0 Å². The third-order valence-electron chi connectivity index (χ3n) is 5.54. The van der Waals surface area contributed by atoms with Gasteiger partial charge in [-0.05, 0) is 71.2 Å². The highest BCUT2D eigenvalue weighted by Crippen LogP contribution is 2.23. The first kappa shape index (κ1) is 18.3. The first-order valence-corrected chi connectivity index (χ1v) is 9.45. The van der Waals surface area contributed by atoms with Crippen molar-refractivity contribution in [2.24, 2.45) is 0 Å². The van der Waals surface area contributed by atoms with Crippen LogP contribution in [0.15, 0.2) is 30.5 Å². The van der Waals surface area contributed by atoms with E-state index < -0.39 is 0 Å². The fraction of sp³-hybridized carbons (Fsp3) is 0.571. The van der Waals surface area contributed by atoms with Gasteiger partial charge in [0.05, 0.1) is 5.52 Å². The maximum Gasteiger partial charge on any atom is 0.0734 e. The Morgan fingerprint density at radius 2 is 1.84 bits per heavy atom. The van der Waals surface area contributed by atoms with Crippen LogP contribution in [0.25, 0.3) is 10.9 Å². The van der Waals surface area contributed by atoms with Crippen LogP contribution >= 0.6 is 0 Å². The second kappa shape index (κ2) is 8.26. The Morgan fingerprint density at radius 3 is 2.56 bits per heavy atom. The third kappa shape index (κ3) is 4.57. The number of rotatable bonds is 6. The summed E-state index contributed by atoms with van der Waals surface area (Å²) in [6.45, 7) is 7.86. The van der Waals surface area contributed by atoms with Crippen LogP contribution < -0.4 is 0 Å². The average molecular weight is 341 g/mol. The minimum Gasteiger partial charge on any atom is -0.308 e. The zero-order valence-corrected chi connectivity index (χ0v) is 16.2. The number of aromatic nitrogens is 1. The van der Waals surface area contributed by atoms with Gasteiger partial charge in [-0.25, -0.2) is 0 Å². The van der Waals surface area contributed by atoms with Crippen LogP contribution in [0.2, 0.25) is 0 Å². The monoisotopic (exact) mass is 340 g/mol. The van der Waals surface area contributed by atoms with Crippen molar-refractivity contribution in [1.29, 1.82) is 0 Å². The second-order valence-corrected chi connectivity index (χ2v) is 7.73. The summed E-state index contributed by atoms with van der Waals surface area (Å²) in [5.74, 6) is 0. The molecule has 1 aliphatic rings. The summed E-state index contributed by atoms with van der Waals surface area (Å²) in [5, 5.41) is 1.31. The predicted octanol–water partition coefficient (Wildman–Crippen LogP) is 3.00. The van der Waals surface area contributed by atoms with E-state index in [1.807, 2.05) is 6.20 Å². The molecule has 3 rings (SSSR count). The molecule has 0 radical (unpaired) electrons. The number of benzene rings is 1. The van der Waals surface area contributed by atoms with Crippen LogP contribution in [0, 0.1) is 6.92 Å². The third-order valence-corrected chi connectivity index (χ3v) is 5.54. The standard InChI is InChI=1S/C21H32N4/c1-17-7-8-18(20-6-5-11-22-21(17)20)16-25-12-9-19(10-13-25)24(4)15-14-23(2)3/h5-8,11,19H,9-10,12-16H2,1-4H3. The van der Waals surface area contributed by atoms with Crippen molar-refractivity contribution < 1.29 is 0 Å². The lowest BCUT2D eigenvalue weighted by Crippen LogP contribution is -2.44. The van der Waals surface area contributed by atoms with E-state index in [4.69, 9.17) is 0 Å². The van der Waals surface area contributed by atoms with E-state index >= 15 is 0 Å². The molecule has 0 aliphatic carbocycles. The summed E-state index contributed by atoms with van der Waals surface area (Å²) in [4.78, 5) is 12.0. The summed E-state index contributed by atoms with van der Waals surface area (Å²) >= 11 is 0. The van der Waals surface area contributed by atoms with Gasteiger partial charge >= 0.3 is 0 Å². The lowest BCUT2D eigenvalue weighted by molar-refractivity contribution is 0.118. The smallest absolute Gasteiger partial charge is 0.0734 e. The first-order chi connectivity index (χ1) is 12.0. The fourth-order valence-electron chi connectivity index (χ4n) is 3.81. The summed E-state index contributed by atoms with van der Waals surface area (Å²) < 4.78 is 0. The maximum atomic E-state index is 4.58. The Morgan fingerprint density at radius 1 is 1.08 bits per heavy atom. The predicted molar refractivity (Wildman–Crippen MR) is 106 cm³/mol. The summed E-state index contributed by atoms with van der Waals surface area (Å²) in [6.07, 6.45) is 4.44. The first-order valence-electron chi connectivity index (χ1n) is 9.45. The molecular weight excluding hydrogens is 308 g/mol. The summed E-state index contributed by atoms with van der Waals surface area (Å²) in [5.41, 5.74) is 3.83. The Kier molecular flexibility index (Phi) is 6.05. The molecule has 1 aromatic heterocycles. The van der Waals surface area contributed by atoms with Crippen molar-refractivity contribution >= 4 is 10.9 Å². The lowest BCUT2D eigenvalue weighted by atomic mass is 10.0. The van der Waals surface area contributed by atoms with Gasteiger partial charge in [0.15, 0.2) is 0 Å². The zero-order chi connectivity index (χ0) is 17.8. The van der Waals surface area contributed by atoms with Crippen molar-refractivity contribution in [3.05, 3.63) is 41.6 Å². The quantitative estimate of drug-likeness (QED) is 0.806. The molecule has 1 saturated heterocycles. The Bertz CT molecular complexity index is 689. The van der Waals surface area contributed by atoms with Crippen LogP contribution in [0.3, 0.4) is 0 Å². The summed E-state index contributed by atoms with van der Waals surface area (Å²) in [7, 11) is 6.58. The van der Waals surface area contributed by atoms with E-state index in [0.29, 0.717) is 0 Å². The van der Waals surface area contributed by atoms with Crippen LogP contribution in [-0.4, -0.2) is 73.0 Å². The molecule has 1 aliphatic heterocycles. The molecule has 136 valence electrons. The van der Waals surface area contributed by atoms with Gasteiger partial charge in [-0.3, -0.25) is 9.88 Å². The van der Waals surface area contributed by atoms with Gasteiger partial charge < -0.3 is 9.80 Å². The molecule has 25 heavy (non-hydrogen) atoms. The van der Waals surface area contributed by atoms with E-state index in [-0.39, 0.29) is 0 Å². The second-order valence-electron chi connectivity index (χ2n) is 7.73. The molecule has 0 spiro atoms. The normalized spacial score (nSPS) is 17.0. The van der Waals surface area contributed by atoms with E-state index in [1.165, 1.54) is 42.4 Å². The van der Waals surface area contributed by atoms with Gasteiger partial charge in [-0.15, -0.1) is 0 Å². The molecule has 0 N–H and O–H groups in total. The number of likely N-dealkylation sites (N-methyl/N-ethyl adjacent to an activating group) is 2. The number of aryl methyl sites for hydroxylation is 1. The maximum absolute atomic E-state index is 4.58. The molecule has 1 aromatic carbocycles. The van der Waals surface area contributed by atoms with Crippen LogP contribution in [0.5, 0.6) is 0 Å². The molecule has 0 bridgehead atoms. The molecule has 2 heterocycles. The van der Waals surface area contributed by atoms with Crippen LogP contribution in [-0.2, 0) is 6.54 Å². The van der Waals surface area contributed by atoms with E-state index in [9.17, 15) is 0 Å². The number of fused-ring (bicyclic) bond motifs is 1. The minimum absolute atomic E-state index is 0.729. The number of nitrogens with zero attached hydrogens (tertiary/aromatic N) is 4. The van der Waals surface area contributed by atoms with Crippen LogP contribution in [0.4, 0.5) is 0 Å². The molecule has 0 atom stereocenters. The highest BCUT2D eigenvalue weighted by molar-refractivity contribution is 5.84. The number of hydrogen-bond acceptors (Lipinski definition) is 4. The highest BCUT2D eigenvalue weighted by Gasteiger charge is 2.22. The highest BCUT2D eigenvalue weighted by atomic mass is 15.2. The Balaban J connectivity index is 1.59. The number of hydrogen-bond donors (Lipinski definition) is 0. The lowest BCUT2D eigenvalue weighted by Gasteiger charge is -2.37. The molecule has 4 nitrogen and oxygen atoms in total. The van der Waals surface area contributed by atoms with Crippen molar-refractivity contribution in [2.75, 3.05) is 47.3 Å². The van der Waals surface area contributed by atoms with Crippen molar-refractivity contribution in [3.63, 3.8) is 0 Å². The Labute approximate surface area is 152 Å². The van der Waals surface area contributed by atoms with E-state index in [2.05, 4.69) is 72.0 Å².